The number of hydrogen-bond acceptors (Lipinski definition) is 4. The smallest absolute Gasteiger partial charge is 0.261 e. The highest BCUT2D eigenvalue weighted by Crippen LogP contribution is 2.17. The van der Waals surface area contributed by atoms with E-state index in [1.54, 1.807) is 12.1 Å². The van der Waals surface area contributed by atoms with Crippen molar-refractivity contribution in [2.45, 2.75) is 25.6 Å². The van der Waals surface area contributed by atoms with Crippen molar-refractivity contribution in [3.05, 3.63) is 21.9 Å². The van der Waals surface area contributed by atoms with Gasteiger partial charge in [0, 0.05) is 19.1 Å². The first-order chi connectivity index (χ1) is 8.56. The molecule has 1 aromatic heterocycles. The van der Waals surface area contributed by atoms with Gasteiger partial charge in [0.2, 0.25) is 0 Å². The maximum atomic E-state index is 12.9. The van der Waals surface area contributed by atoms with Crippen LogP contribution in [-0.4, -0.2) is 37.0 Å². The third-order valence-corrected chi connectivity index (χ3v) is 4.04. The molecule has 98 valence electrons. The van der Waals surface area contributed by atoms with Gasteiger partial charge in [0.1, 0.15) is 6.17 Å². The lowest BCUT2D eigenvalue weighted by Crippen LogP contribution is -2.36. The van der Waals surface area contributed by atoms with Gasteiger partial charge >= 0.3 is 0 Å². The second kappa shape index (κ2) is 5.58. The molecule has 1 aliphatic rings. The molecule has 2 N–H and O–H groups in total. The fraction of sp³-hybridized carbons (Fsp3) is 0.500. The maximum absolute atomic E-state index is 12.9. The molecule has 4 nitrogen and oxygen atoms in total. The van der Waals surface area contributed by atoms with Gasteiger partial charge in [-0.15, -0.1) is 11.3 Å². The monoisotopic (exact) mass is 270 g/mol. The number of carbonyl (C=O) groups is 2. The molecule has 0 unspecified atom stereocenters. The Bertz CT molecular complexity index is 461. The normalized spacial score (nSPS) is 23.0. The standard InChI is InChI=1S/C12H15FN2O2S/c1-7(16)10-2-3-11(18-10)12(17)15-6-9-4-8(13)5-14-9/h2-3,8-9,14H,4-6H2,1H3,(H,15,17)/t8-,9-/m0/s1. The molecule has 1 aromatic rings. The van der Waals surface area contributed by atoms with Crippen molar-refractivity contribution in [2.24, 2.45) is 0 Å². The number of halogens is 1. The van der Waals surface area contributed by atoms with E-state index in [0.29, 0.717) is 29.3 Å². The number of alkyl halides is 1. The minimum Gasteiger partial charge on any atom is -0.350 e. The highest BCUT2D eigenvalue weighted by atomic mass is 32.1. The molecule has 2 heterocycles. The summed E-state index contributed by atoms with van der Waals surface area (Å²) in [6, 6.07) is 3.28. The average molecular weight is 270 g/mol. The van der Waals surface area contributed by atoms with Gasteiger partial charge in [-0.2, -0.15) is 0 Å². The van der Waals surface area contributed by atoms with E-state index in [1.807, 2.05) is 0 Å². The quantitative estimate of drug-likeness (QED) is 0.813. The van der Waals surface area contributed by atoms with Crippen LogP contribution in [0.1, 0.15) is 32.7 Å². The predicted octanol–water partition coefficient (Wildman–Crippen LogP) is 1.38. The topological polar surface area (TPSA) is 58.2 Å². The van der Waals surface area contributed by atoms with Crippen LogP contribution >= 0.6 is 11.3 Å². The Labute approximate surface area is 109 Å². The molecule has 1 saturated heterocycles. The van der Waals surface area contributed by atoms with Gasteiger partial charge in [-0.3, -0.25) is 9.59 Å². The van der Waals surface area contributed by atoms with Crippen molar-refractivity contribution >= 4 is 23.0 Å². The molecule has 0 aromatic carbocycles. The first-order valence-corrected chi connectivity index (χ1v) is 6.64. The molecule has 0 bridgehead atoms. The largest absolute Gasteiger partial charge is 0.350 e. The van der Waals surface area contributed by atoms with E-state index < -0.39 is 6.17 Å². The zero-order valence-corrected chi connectivity index (χ0v) is 10.8. The SMILES string of the molecule is CC(=O)c1ccc(C(=O)NC[C@@H]2C[C@H](F)CN2)s1. The van der Waals surface area contributed by atoms with Crippen LogP contribution in [0.5, 0.6) is 0 Å². The highest BCUT2D eigenvalue weighted by Gasteiger charge is 2.23. The van der Waals surface area contributed by atoms with Crippen molar-refractivity contribution in [3.8, 4) is 0 Å². The van der Waals surface area contributed by atoms with Crippen molar-refractivity contribution in [2.75, 3.05) is 13.1 Å². The number of ketones is 1. The summed E-state index contributed by atoms with van der Waals surface area (Å²) in [6.07, 6.45) is -0.387. The van der Waals surface area contributed by atoms with Crippen LogP contribution in [0.2, 0.25) is 0 Å². The van der Waals surface area contributed by atoms with E-state index in [-0.39, 0.29) is 17.7 Å². The number of hydrogen-bond donors (Lipinski definition) is 2. The van der Waals surface area contributed by atoms with E-state index in [9.17, 15) is 14.0 Å². The summed E-state index contributed by atoms with van der Waals surface area (Å²) in [7, 11) is 0. The van der Waals surface area contributed by atoms with Crippen molar-refractivity contribution in [1.29, 1.82) is 0 Å². The Balaban J connectivity index is 1.85. The summed E-state index contributed by atoms with van der Waals surface area (Å²) < 4.78 is 12.9. The Hall–Kier alpha value is -1.27. The van der Waals surface area contributed by atoms with Crippen LogP contribution in [0.3, 0.4) is 0 Å². The van der Waals surface area contributed by atoms with Crippen molar-refractivity contribution in [3.63, 3.8) is 0 Å². The van der Waals surface area contributed by atoms with Crippen LogP contribution in [0.25, 0.3) is 0 Å². The van der Waals surface area contributed by atoms with Crippen LogP contribution < -0.4 is 10.6 Å². The Kier molecular flexibility index (Phi) is 4.08. The van der Waals surface area contributed by atoms with Gasteiger partial charge in [0.05, 0.1) is 9.75 Å². The molecule has 1 aliphatic heterocycles. The second-order valence-electron chi connectivity index (χ2n) is 4.37. The molecule has 2 atom stereocenters. The molecule has 2 rings (SSSR count). The highest BCUT2D eigenvalue weighted by molar-refractivity contribution is 7.15. The molecule has 1 fully saturated rings. The van der Waals surface area contributed by atoms with E-state index in [0.717, 1.165) is 0 Å². The summed E-state index contributed by atoms with van der Waals surface area (Å²) in [5.41, 5.74) is 0. The van der Waals surface area contributed by atoms with Crippen molar-refractivity contribution in [1.82, 2.24) is 10.6 Å². The number of carbonyl (C=O) groups excluding carboxylic acids is 2. The molecule has 0 radical (unpaired) electrons. The number of Topliss-reactive ketones (excluding diaryl/α,β-unsaturated/α-hetero) is 1. The minimum absolute atomic E-state index is 0.00353. The summed E-state index contributed by atoms with van der Waals surface area (Å²) in [5, 5.41) is 5.74. The predicted molar refractivity (Wildman–Crippen MR) is 68.0 cm³/mol. The molecule has 6 heteroatoms. The van der Waals surface area contributed by atoms with E-state index in [4.69, 9.17) is 0 Å². The Morgan fingerprint density at radius 1 is 1.50 bits per heavy atom. The van der Waals surface area contributed by atoms with Crippen LogP contribution in [0.15, 0.2) is 12.1 Å². The van der Waals surface area contributed by atoms with Crippen LogP contribution in [0, 0.1) is 0 Å². The zero-order chi connectivity index (χ0) is 13.1. The van der Waals surface area contributed by atoms with Gasteiger partial charge in [-0.1, -0.05) is 0 Å². The van der Waals surface area contributed by atoms with Gasteiger partial charge < -0.3 is 10.6 Å². The fourth-order valence-corrected chi connectivity index (χ4v) is 2.70. The van der Waals surface area contributed by atoms with Gasteiger partial charge in [-0.05, 0) is 25.5 Å². The first-order valence-electron chi connectivity index (χ1n) is 5.82. The average Bonchev–Trinajstić information content (AvgIpc) is 2.94. The Morgan fingerprint density at radius 2 is 2.22 bits per heavy atom. The molecule has 1 amide bonds. The summed E-state index contributed by atoms with van der Waals surface area (Å²) >= 11 is 1.18. The lowest BCUT2D eigenvalue weighted by molar-refractivity contribution is 0.0953. The number of thiophene rings is 1. The summed E-state index contributed by atoms with van der Waals surface area (Å²) in [6.45, 7) is 2.23. The van der Waals surface area contributed by atoms with Gasteiger partial charge in [-0.25, -0.2) is 4.39 Å². The van der Waals surface area contributed by atoms with Crippen LogP contribution in [0.4, 0.5) is 4.39 Å². The van der Waals surface area contributed by atoms with E-state index in [2.05, 4.69) is 10.6 Å². The molecular weight excluding hydrogens is 255 g/mol. The second-order valence-corrected chi connectivity index (χ2v) is 5.45. The molecule has 0 aliphatic carbocycles. The maximum Gasteiger partial charge on any atom is 0.261 e. The molecular formula is C12H15FN2O2S. The van der Waals surface area contributed by atoms with E-state index >= 15 is 0 Å². The van der Waals surface area contributed by atoms with E-state index in [1.165, 1.54) is 18.3 Å². The number of nitrogens with one attached hydrogen (secondary N) is 2. The summed E-state index contributed by atoms with van der Waals surface area (Å²) in [5.74, 6) is -0.256. The molecule has 18 heavy (non-hydrogen) atoms. The molecule has 0 spiro atoms. The van der Waals surface area contributed by atoms with Gasteiger partial charge in [0.15, 0.2) is 5.78 Å². The summed E-state index contributed by atoms with van der Waals surface area (Å²) in [4.78, 5) is 24.0. The Morgan fingerprint density at radius 3 is 2.78 bits per heavy atom. The minimum atomic E-state index is -0.821. The third-order valence-electron chi connectivity index (χ3n) is 2.85. The number of rotatable bonds is 4. The van der Waals surface area contributed by atoms with Crippen molar-refractivity contribution < 1.29 is 14.0 Å². The third kappa shape index (κ3) is 3.14. The number of amides is 1. The van der Waals surface area contributed by atoms with Crippen LogP contribution in [-0.2, 0) is 0 Å². The zero-order valence-electron chi connectivity index (χ0n) is 10.0. The lowest BCUT2D eigenvalue weighted by atomic mass is 10.2. The first kappa shape index (κ1) is 13.2. The lowest BCUT2D eigenvalue weighted by Gasteiger charge is -2.10. The fourth-order valence-electron chi connectivity index (χ4n) is 1.88. The molecule has 0 saturated carbocycles. The van der Waals surface area contributed by atoms with Gasteiger partial charge in [0.25, 0.3) is 5.91 Å².